The first-order valence-electron chi connectivity index (χ1n) is 7.65. The monoisotopic (exact) mass is 274 g/mol. The van der Waals surface area contributed by atoms with E-state index in [0.29, 0.717) is 6.42 Å². The van der Waals surface area contributed by atoms with Crippen molar-refractivity contribution in [3.8, 4) is 0 Å². The van der Waals surface area contributed by atoms with Gasteiger partial charge in [-0.15, -0.1) is 0 Å². The third-order valence-corrected chi connectivity index (χ3v) is 5.05. The van der Waals surface area contributed by atoms with Gasteiger partial charge in [-0.2, -0.15) is 5.10 Å². The molecule has 0 radical (unpaired) electrons. The number of carbonyl (C=O) groups excluding carboxylic acids is 1. The van der Waals surface area contributed by atoms with Gasteiger partial charge in [0, 0.05) is 44.7 Å². The highest BCUT2D eigenvalue weighted by Crippen LogP contribution is 2.43. The lowest BCUT2D eigenvalue weighted by molar-refractivity contribution is -0.117. The van der Waals surface area contributed by atoms with Crippen molar-refractivity contribution >= 4 is 11.6 Å². The molecule has 2 aliphatic heterocycles. The van der Waals surface area contributed by atoms with Crippen molar-refractivity contribution in [2.45, 2.75) is 25.7 Å². The molecule has 1 amide bonds. The highest BCUT2D eigenvalue weighted by Gasteiger charge is 2.48. The van der Waals surface area contributed by atoms with Gasteiger partial charge in [0.25, 0.3) is 0 Å². The minimum absolute atomic E-state index is 0.196. The van der Waals surface area contributed by atoms with E-state index in [2.05, 4.69) is 10.00 Å². The molecule has 1 aromatic rings. The average molecular weight is 274 g/mol. The number of hydrogen-bond acceptors (Lipinski definition) is 3. The lowest BCUT2D eigenvalue weighted by Crippen LogP contribution is -2.32. The Hall–Kier alpha value is -1.36. The standard InChI is InChI=1S/C15H22N4O/c1-17-9-13(7-16-17)19-11-15(6-14(19)20)4-5-18(10-15)8-12-2-3-12/h7,9,12H,2-6,8,10-11H2,1H3/t15-/m0/s1. The van der Waals surface area contributed by atoms with Gasteiger partial charge in [-0.05, 0) is 31.7 Å². The van der Waals surface area contributed by atoms with E-state index in [4.69, 9.17) is 0 Å². The molecule has 0 bridgehead atoms. The van der Waals surface area contributed by atoms with E-state index in [1.807, 2.05) is 18.1 Å². The van der Waals surface area contributed by atoms with Gasteiger partial charge in [-0.25, -0.2) is 0 Å². The zero-order valence-electron chi connectivity index (χ0n) is 12.1. The van der Waals surface area contributed by atoms with Gasteiger partial charge in [0.05, 0.1) is 11.9 Å². The van der Waals surface area contributed by atoms with Gasteiger partial charge in [0.15, 0.2) is 0 Å². The van der Waals surface area contributed by atoms with Crippen molar-refractivity contribution in [2.24, 2.45) is 18.4 Å². The molecule has 0 unspecified atom stereocenters. The maximum atomic E-state index is 12.4. The summed E-state index contributed by atoms with van der Waals surface area (Å²) in [6.45, 7) is 4.40. The Labute approximate surface area is 119 Å². The van der Waals surface area contributed by atoms with Crippen molar-refractivity contribution in [1.29, 1.82) is 0 Å². The SMILES string of the molecule is Cn1cc(N2C[C@@]3(CCN(CC4CC4)C3)CC2=O)cn1. The second kappa shape index (κ2) is 4.32. The van der Waals surface area contributed by atoms with Gasteiger partial charge < -0.3 is 9.80 Å². The number of nitrogens with zero attached hydrogens (tertiary/aromatic N) is 4. The minimum atomic E-state index is 0.196. The van der Waals surface area contributed by atoms with E-state index in [0.717, 1.165) is 24.7 Å². The summed E-state index contributed by atoms with van der Waals surface area (Å²) in [7, 11) is 1.90. The van der Waals surface area contributed by atoms with Crippen molar-refractivity contribution in [2.75, 3.05) is 31.1 Å². The van der Waals surface area contributed by atoms with Crippen LogP contribution in [-0.4, -0.2) is 46.8 Å². The molecule has 3 heterocycles. The van der Waals surface area contributed by atoms with E-state index in [1.54, 1.807) is 10.9 Å². The third kappa shape index (κ3) is 2.14. The topological polar surface area (TPSA) is 41.4 Å². The Morgan fingerprint density at radius 1 is 1.40 bits per heavy atom. The van der Waals surface area contributed by atoms with Gasteiger partial charge in [0.1, 0.15) is 0 Å². The van der Waals surface area contributed by atoms with Crippen molar-refractivity contribution < 1.29 is 4.79 Å². The number of aromatic nitrogens is 2. The average Bonchev–Trinajstić information content (AvgIpc) is 2.83. The van der Waals surface area contributed by atoms with Crippen LogP contribution in [-0.2, 0) is 11.8 Å². The Bertz CT molecular complexity index is 536. The smallest absolute Gasteiger partial charge is 0.227 e. The molecule has 1 atom stereocenters. The number of amides is 1. The van der Waals surface area contributed by atoms with Crippen LogP contribution in [0.5, 0.6) is 0 Å². The summed E-state index contributed by atoms with van der Waals surface area (Å²) in [4.78, 5) is 16.9. The van der Waals surface area contributed by atoms with E-state index in [9.17, 15) is 4.79 Å². The number of likely N-dealkylation sites (tertiary alicyclic amines) is 1. The predicted octanol–water partition coefficient (Wildman–Crippen LogP) is 1.26. The number of rotatable bonds is 3. The molecule has 5 nitrogen and oxygen atoms in total. The summed E-state index contributed by atoms with van der Waals surface area (Å²) in [5.74, 6) is 1.21. The number of carbonyl (C=O) groups is 1. The van der Waals surface area contributed by atoms with Crippen LogP contribution < -0.4 is 4.90 Å². The summed E-state index contributed by atoms with van der Waals surface area (Å²) in [6.07, 6.45) is 8.43. The van der Waals surface area contributed by atoms with Crippen molar-refractivity contribution in [3.05, 3.63) is 12.4 Å². The van der Waals surface area contributed by atoms with E-state index in [1.165, 1.54) is 32.4 Å². The summed E-state index contributed by atoms with van der Waals surface area (Å²) in [5, 5.41) is 4.19. The fourth-order valence-electron chi connectivity index (χ4n) is 3.80. The Kier molecular flexibility index (Phi) is 2.67. The Morgan fingerprint density at radius 2 is 2.25 bits per heavy atom. The zero-order chi connectivity index (χ0) is 13.7. The summed E-state index contributed by atoms with van der Waals surface area (Å²) in [5.41, 5.74) is 1.15. The maximum absolute atomic E-state index is 12.4. The fraction of sp³-hybridized carbons (Fsp3) is 0.733. The van der Waals surface area contributed by atoms with Crippen molar-refractivity contribution in [1.82, 2.24) is 14.7 Å². The van der Waals surface area contributed by atoms with Crippen LogP contribution in [0.2, 0.25) is 0 Å². The van der Waals surface area contributed by atoms with Gasteiger partial charge >= 0.3 is 0 Å². The van der Waals surface area contributed by atoms with Crippen LogP contribution >= 0.6 is 0 Å². The van der Waals surface area contributed by atoms with Crippen LogP contribution in [0.4, 0.5) is 5.69 Å². The molecule has 108 valence electrons. The quantitative estimate of drug-likeness (QED) is 0.833. The normalized spacial score (nSPS) is 30.9. The van der Waals surface area contributed by atoms with Crippen molar-refractivity contribution in [3.63, 3.8) is 0 Å². The maximum Gasteiger partial charge on any atom is 0.227 e. The van der Waals surface area contributed by atoms with E-state index >= 15 is 0 Å². The highest BCUT2D eigenvalue weighted by atomic mass is 16.2. The first kappa shape index (κ1) is 12.4. The number of hydrogen-bond donors (Lipinski definition) is 0. The van der Waals surface area contributed by atoms with Gasteiger partial charge in [0.2, 0.25) is 5.91 Å². The molecular formula is C15H22N4O. The molecule has 0 N–H and O–H groups in total. The molecule has 1 aliphatic carbocycles. The van der Waals surface area contributed by atoms with Crippen LogP contribution in [0.1, 0.15) is 25.7 Å². The second-order valence-corrected chi connectivity index (χ2v) is 6.96. The third-order valence-electron chi connectivity index (χ3n) is 5.05. The molecule has 1 aromatic heterocycles. The molecule has 3 fully saturated rings. The molecule has 4 rings (SSSR count). The Balaban J connectivity index is 1.47. The highest BCUT2D eigenvalue weighted by molar-refractivity contribution is 5.96. The molecule has 1 saturated carbocycles. The van der Waals surface area contributed by atoms with Crippen LogP contribution in [0, 0.1) is 11.3 Å². The first-order chi connectivity index (χ1) is 9.63. The summed E-state index contributed by atoms with van der Waals surface area (Å²) in [6, 6.07) is 0. The van der Waals surface area contributed by atoms with Gasteiger partial charge in [-0.3, -0.25) is 9.48 Å². The largest absolute Gasteiger partial charge is 0.309 e. The molecular weight excluding hydrogens is 252 g/mol. The lowest BCUT2D eigenvalue weighted by Gasteiger charge is -2.23. The number of aryl methyl sites for hydroxylation is 1. The van der Waals surface area contributed by atoms with E-state index < -0.39 is 0 Å². The first-order valence-corrected chi connectivity index (χ1v) is 7.65. The van der Waals surface area contributed by atoms with Crippen LogP contribution in [0.25, 0.3) is 0 Å². The number of anilines is 1. The molecule has 0 aromatic carbocycles. The fourth-order valence-corrected chi connectivity index (χ4v) is 3.80. The molecule has 2 saturated heterocycles. The van der Waals surface area contributed by atoms with Crippen LogP contribution in [0.15, 0.2) is 12.4 Å². The summed E-state index contributed by atoms with van der Waals surface area (Å²) >= 11 is 0. The van der Waals surface area contributed by atoms with Gasteiger partial charge in [-0.1, -0.05) is 0 Å². The molecule has 20 heavy (non-hydrogen) atoms. The van der Waals surface area contributed by atoms with Crippen LogP contribution in [0.3, 0.4) is 0 Å². The second-order valence-electron chi connectivity index (χ2n) is 6.96. The zero-order valence-corrected chi connectivity index (χ0v) is 12.1. The summed E-state index contributed by atoms with van der Waals surface area (Å²) < 4.78 is 1.77. The van der Waals surface area contributed by atoms with E-state index in [-0.39, 0.29) is 11.3 Å². The molecule has 3 aliphatic rings. The lowest BCUT2D eigenvalue weighted by atomic mass is 9.86. The Morgan fingerprint density at radius 3 is 2.95 bits per heavy atom. The minimum Gasteiger partial charge on any atom is -0.309 e. The molecule has 1 spiro atoms. The molecule has 5 heteroatoms. The predicted molar refractivity (Wildman–Crippen MR) is 76.4 cm³/mol.